The van der Waals surface area contributed by atoms with Crippen molar-refractivity contribution in [3.05, 3.63) is 11.8 Å². The fraction of sp³-hybridized carbons (Fsp3) is 0.727. The lowest BCUT2D eigenvalue weighted by molar-refractivity contribution is -0.145. The van der Waals surface area contributed by atoms with Crippen molar-refractivity contribution < 1.29 is 9.53 Å². The maximum Gasteiger partial charge on any atom is 0.308 e. The zero-order valence-electron chi connectivity index (χ0n) is 10.1. The van der Waals surface area contributed by atoms with E-state index in [1.165, 1.54) is 7.11 Å². The SMILES string of the molecule is COC(=O)[C@@H](C)[C@H](C)/C=C/[Si](C)(C)C. The second kappa shape index (κ2) is 5.34. The number of methoxy groups -OCH3 is 1. The van der Waals surface area contributed by atoms with Gasteiger partial charge in [0.05, 0.1) is 21.1 Å². The van der Waals surface area contributed by atoms with Crippen LogP contribution in [0.15, 0.2) is 11.8 Å². The molecule has 0 rings (SSSR count). The average Bonchev–Trinajstić information content (AvgIpc) is 2.10. The minimum absolute atomic E-state index is 0.0485. The molecule has 0 heterocycles. The second-order valence-electron chi connectivity index (χ2n) is 4.90. The number of carbonyl (C=O) groups excluding carboxylic acids is 1. The Morgan fingerprint density at radius 3 is 2.14 bits per heavy atom. The summed E-state index contributed by atoms with van der Waals surface area (Å²) < 4.78 is 4.70. The molecule has 0 aromatic carbocycles. The fourth-order valence-electron chi connectivity index (χ4n) is 1.01. The molecule has 0 unspecified atom stereocenters. The standard InChI is InChI=1S/C11H22O2Si/c1-9(7-8-14(4,5)6)10(2)11(12)13-3/h7-10H,1-6H3/b8-7+/t9-,10+/m1/s1. The van der Waals surface area contributed by atoms with Crippen molar-refractivity contribution in [3.8, 4) is 0 Å². The maximum atomic E-state index is 11.2. The highest BCUT2D eigenvalue weighted by Gasteiger charge is 2.19. The van der Waals surface area contributed by atoms with E-state index in [-0.39, 0.29) is 17.8 Å². The molecule has 0 amide bonds. The van der Waals surface area contributed by atoms with Crippen LogP contribution in [0.5, 0.6) is 0 Å². The molecular formula is C11H22O2Si. The van der Waals surface area contributed by atoms with Gasteiger partial charge in [0.2, 0.25) is 0 Å². The predicted octanol–water partition coefficient (Wildman–Crippen LogP) is 2.87. The van der Waals surface area contributed by atoms with Crippen molar-refractivity contribution in [2.75, 3.05) is 7.11 Å². The van der Waals surface area contributed by atoms with Crippen molar-refractivity contribution in [1.29, 1.82) is 0 Å². The van der Waals surface area contributed by atoms with E-state index in [4.69, 9.17) is 4.74 Å². The van der Waals surface area contributed by atoms with Crippen LogP contribution in [0.1, 0.15) is 13.8 Å². The molecule has 3 heteroatoms. The van der Waals surface area contributed by atoms with Gasteiger partial charge in [0.15, 0.2) is 0 Å². The van der Waals surface area contributed by atoms with Crippen molar-refractivity contribution >= 4 is 14.0 Å². The number of hydrogen-bond acceptors (Lipinski definition) is 2. The van der Waals surface area contributed by atoms with E-state index in [0.717, 1.165) is 0 Å². The summed E-state index contributed by atoms with van der Waals surface area (Å²) in [5.74, 6) is 0.0829. The van der Waals surface area contributed by atoms with Crippen molar-refractivity contribution in [1.82, 2.24) is 0 Å². The van der Waals surface area contributed by atoms with Gasteiger partial charge in [0, 0.05) is 0 Å². The summed E-state index contributed by atoms with van der Waals surface area (Å²) in [4.78, 5) is 11.2. The summed E-state index contributed by atoms with van der Waals surface area (Å²) in [6, 6.07) is 0. The van der Waals surface area contributed by atoms with Gasteiger partial charge in [-0.05, 0) is 5.92 Å². The van der Waals surface area contributed by atoms with E-state index < -0.39 is 8.07 Å². The molecule has 82 valence electrons. The molecule has 0 aliphatic heterocycles. The third kappa shape index (κ3) is 5.22. The second-order valence-corrected chi connectivity index (χ2v) is 9.96. The quantitative estimate of drug-likeness (QED) is 0.531. The van der Waals surface area contributed by atoms with Crippen LogP contribution in [0, 0.1) is 11.8 Å². The summed E-state index contributed by atoms with van der Waals surface area (Å²) in [7, 11) is 0.295. The van der Waals surface area contributed by atoms with Crippen LogP contribution in [-0.2, 0) is 9.53 Å². The average molecular weight is 214 g/mol. The van der Waals surface area contributed by atoms with E-state index in [0.29, 0.717) is 0 Å². The molecule has 0 aliphatic carbocycles. The van der Waals surface area contributed by atoms with Gasteiger partial charge in [0.25, 0.3) is 0 Å². The third-order valence-corrected chi connectivity index (χ3v) is 3.45. The molecule has 0 saturated carbocycles. The number of ether oxygens (including phenoxy) is 1. The van der Waals surface area contributed by atoms with Gasteiger partial charge in [-0.15, -0.1) is 0 Å². The van der Waals surface area contributed by atoms with Gasteiger partial charge in [-0.25, -0.2) is 0 Å². The first-order chi connectivity index (χ1) is 6.28. The van der Waals surface area contributed by atoms with Crippen LogP contribution < -0.4 is 0 Å². The third-order valence-electron chi connectivity index (χ3n) is 2.26. The molecule has 0 bridgehead atoms. The highest BCUT2D eigenvalue weighted by molar-refractivity contribution is 6.80. The molecule has 14 heavy (non-hydrogen) atoms. The minimum atomic E-state index is -1.14. The van der Waals surface area contributed by atoms with Crippen molar-refractivity contribution in [3.63, 3.8) is 0 Å². The number of rotatable bonds is 4. The number of allylic oxidation sites excluding steroid dienone is 1. The summed E-state index contributed by atoms with van der Waals surface area (Å²) >= 11 is 0. The smallest absolute Gasteiger partial charge is 0.308 e. The maximum absolute atomic E-state index is 11.2. The fourth-order valence-corrected chi connectivity index (χ4v) is 1.89. The summed E-state index contributed by atoms with van der Waals surface area (Å²) in [6.45, 7) is 10.8. The first kappa shape index (κ1) is 13.4. The molecule has 0 aromatic rings. The lowest BCUT2D eigenvalue weighted by Crippen LogP contribution is -2.21. The largest absolute Gasteiger partial charge is 0.469 e. The van der Waals surface area contributed by atoms with Gasteiger partial charge in [-0.1, -0.05) is 45.3 Å². The Morgan fingerprint density at radius 2 is 1.79 bits per heavy atom. The van der Waals surface area contributed by atoms with Crippen molar-refractivity contribution in [2.45, 2.75) is 33.5 Å². The number of esters is 1. The van der Waals surface area contributed by atoms with Gasteiger partial charge < -0.3 is 4.74 Å². The minimum Gasteiger partial charge on any atom is -0.469 e. The highest BCUT2D eigenvalue weighted by atomic mass is 28.3. The van der Waals surface area contributed by atoms with Crippen molar-refractivity contribution in [2.24, 2.45) is 11.8 Å². The molecule has 0 spiro atoms. The molecule has 0 saturated heterocycles. The molecule has 0 aliphatic rings. The van der Waals surface area contributed by atoms with Crippen LogP contribution in [0.4, 0.5) is 0 Å². The van der Waals surface area contributed by atoms with E-state index in [1.54, 1.807) is 0 Å². The normalized spacial score (nSPS) is 16.7. The Hall–Kier alpha value is -0.573. The predicted molar refractivity (Wildman–Crippen MR) is 62.8 cm³/mol. The Morgan fingerprint density at radius 1 is 1.29 bits per heavy atom. The highest BCUT2D eigenvalue weighted by Crippen LogP contribution is 2.15. The molecule has 0 fully saturated rings. The lowest BCUT2D eigenvalue weighted by Gasteiger charge is -2.16. The van der Waals surface area contributed by atoms with Crippen LogP contribution in [0.25, 0.3) is 0 Å². The number of carbonyl (C=O) groups is 1. The summed E-state index contributed by atoms with van der Waals surface area (Å²) in [5, 5.41) is 0. The Kier molecular flexibility index (Phi) is 5.12. The Labute approximate surface area is 88.4 Å². The van der Waals surface area contributed by atoms with E-state index in [1.807, 2.05) is 6.92 Å². The molecule has 0 aromatic heterocycles. The molecule has 2 atom stereocenters. The summed E-state index contributed by atoms with van der Waals surface area (Å²) in [5.41, 5.74) is 2.27. The van der Waals surface area contributed by atoms with Gasteiger partial charge >= 0.3 is 5.97 Å². The first-order valence-corrected chi connectivity index (χ1v) is 8.63. The zero-order chi connectivity index (χ0) is 11.4. The Balaban J connectivity index is 4.28. The van der Waals surface area contributed by atoms with Crippen LogP contribution in [-0.4, -0.2) is 21.2 Å². The van der Waals surface area contributed by atoms with E-state index in [2.05, 4.69) is 38.3 Å². The first-order valence-electron chi connectivity index (χ1n) is 5.05. The van der Waals surface area contributed by atoms with Crippen LogP contribution in [0.3, 0.4) is 0 Å². The topological polar surface area (TPSA) is 26.3 Å². The molecular weight excluding hydrogens is 192 g/mol. The van der Waals surface area contributed by atoms with Gasteiger partial charge in [-0.3, -0.25) is 4.79 Å². The Bertz CT molecular complexity index is 216. The van der Waals surface area contributed by atoms with E-state index in [9.17, 15) is 4.79 Å². The monoisotopic (exact) mass is 214 g/mol. The van der Waals surface area contributed by atoms with Gasteiger partial charge in [0.1, 0.15) is 0 Å². The zero-order valence-corrected chi connectivity index (χ0v) is 11.1. The number of hydrogen-bond donors (Lipinski definition) is 0. The van der Waals surface area contributed by atoms with Gasteiger partial charge in [-0.2, -0.15) is 0 Å². The molecule has 2 nitrogen and oxygen atoms in total. The lowest BCUT2D eigenvalue weighted by atomic mass is 9.96. The molecule has 0 N–H and O–H groups in total. The van der Waals surface area contributed by atoms with Crippen LogP contribution >= 0.6 is 0 Å². The van der Waals surface area contributed by atoms with E-state index >= 15 is 0 Å². The summed E-state index contributed by atoms with van der Waals surface area (Å²) in [6.07, 6.45) is 2.15. The molecule has 0 radical (unpaired) electrons. The van der Waals surface area contributed by atoms with Crippen LogP contribution in [0.2, 0.25) is 19.6 Å².